The summed E-state index contributed by atoms with van der Waals surface area (Å²) in [7, 11) is 2.08. The molecule has 3 atom stereocenters. The van der Waals surface area contributed by atoms with Crippen molar-refractivity contribution < 1.29 is 5.11 Å². The number of aromatic nitrogens is 4. The molecular weight excluding hydrogens is 364 g/mol. The molecule has 7 nitrogen and oxygen atoms in total. The molecule has 2 aromatic heterocycles. The largest absolute Gasteiger partial charge is 0.507 e. The molecule has 0 spiro atoms. The minimum Gasteiger partial charge on any atom is -0.507 e. The monoisotopic (exact) mass is 388 g/mol. The van der Waals surface area contributed by atoms with Crippen LogP contribution in [0.2, 0.25) is 0 Å². The van der Waals surface area contributed by atoms with Crippen molar-refractivity contribution in [3.63, 3.8) is 0 Å². The lowest BCUT2D eigenvalue weighted by Gasteiger charge is -2.41. The van der Waals surface area contributed by atoms with E-state index < -0.39 is 0 Å². The molecule has 0 saturated carbocycles. The van der Waals surface area contributed by atoms with E-state index >= 15 is 0 Å². The Morgan fingerprint density at radius 2 is 2.17 bits per heavy atom. The summed E-state index contributed by atoms with van der Waals surface area (Å²) in [6.45, 7) is 2.24. The van der Waals surface area contributed by atoms with E-state index in [1.807, 2.05) is 22.9 Å². The summed E-state index contributed by atoms with van der Waals surface area (Å²) in [5.74, 6) is 1.01. The van der Waals surface area contributed by atoms with Crippen LogP contribution >= 0.6 is 0 Å². The van der Waals surface area contributed by atoms with Crippen LogP contribution in [0.4, 0.5) is 5.82 Å². The fourth-order valence-electron chi connectivity index (χ4n) is 4.41. The van der Waals surface area contributed by atoms with E-state index in [9.17, 15) is 5.11 Å². The lowest BCUT2D eigenvalue weighted by Crippen LogP contribution is -2.54. The zero-order valence-electron chi connectivity index (χ0n) is 16.5. The van der Waals surface area contributed by atoms with Crippen LogP contribution in [0.15, 0.2) is 61.5 Å². The van der Waals surface area contributed by atoms with E-state index in [4.69, 9.17) is 0 Å². The van der Waals surface area contributed by atoms with Crippen molar-refractivity contribution in [1.82, 2.24) is 24.8 Å². The van der Waals surface area contributed by atoms with Crippen LogP contribution in [0.1, 0.15) is 19.8 Å². The van der Waals surface area contributed by atoms with Gasteiger partial charge in [-0.05, 0) is 31.9 Å². The second-order valence-corrected chi connectivity index (χ2v) is 8.16. The molecule has 4 heterocycles. The number of hydrogen-bond donors (Lipinski definition) is 2. The summed E-state index contributed by atoms with van der Waals surface area (Å²) >= 11 is 0. The number of aromatic hydroxyl groups is 1. The zero-order valence-corrected chi connectivity index (χ0v) is 16.5. The summed E-state index contributed by atoms with van der Waals surface area (Å²) in [6.07, 6.45) is 15.4. The molecule has 2 aliphatic heterocycles. The number of piperidine rings is 1. The Morgan fingerprint density at radius 3 is 2.86 bits per heavy atom. The Hall–Kier alpha value is -3.19. The summed E-state index contributed by atoms with van der Waals surface area (Å²) in [6, 6.07) is 6.33. The SMILES string of the molecule is CN(c1cnc(-c2ccc(-n3ccnc3)cc2O)cn1)[C@H]1CC2C=C[C@](C)(C1)N2. The zero-order chi connectivity index (χ0) is 20.0. The maximum Gasteiger partial charge on any atom is 0.147 e. The second kappa shape index (κ2) is 6.70. The molecule has 0 aliphatic carbocycles. The number of rotatable bonds is 4. The summed E-state index contributed by atoms with van der Waals surface area (Å²) in [5, 5.41) is 14.1. The number of anilines is 1. The number of hydrogen-bond acceptors (Lipinski definition) is 6. The van der Waals surface area contributed by atoms with Crippen molar-refractivity contribution in [1.29, 1.82) is 0 Å². The Bertz CT molecular complexity index is 1050. The molecule has 29 heavy (non-hydrogen) atoms. The first kappa shape index (κ1) is 17.9. The average molecular weight is 388 g/mol. The summed E-state index contributed by atoms with van der Waals surface area (Å²) in [5.41, 5.74) is 2.22. The minimum absolute atomic E-state index is 0.0674. The van der Waals surface area contributed by atoms with Gasteiger partial charge < -0.3 is 19.9 Å². The third-order valence-corrected chi connectivity index (χ3v) is 6.00. The Labute approximate surface area is 169 Å². The van der Waals surface area contributed by atoms with E-state index in [0.29, 0.717) is 23.3 Å². The van der Waals surface area contributed by atoms with Crippen LogP contribution in [0.3, 0.4) is 0 Å². The molecule has 1 aromatic carbocycles. The number of nitrogens with one attached hydrogen (secondary N) is 1. The van der Waals surface area contributed by atoms with Crippen LogP contribution in [-0.2, 0) is 0 Å². The number of benzene rings is 1. The molecule has 5 rings (SSSR count). The van der Waals surface area contributed by atoms with Crippen molar-refractivity contribution in [3.8, 4) is 22.7 Å². The van der Waals surface area contributed by atoms with Gasteiger partial charge >= 0.3 is 0 Å². The van der Waals surface area contributed by atoms with Gasteiger partial charge in [0.25, 0.3) is 0 Å². The maximum atomic E-state index is 10.5. The highest BCUT2D eigenvalue weighted by atomic mass is 16.3. The normalized spacial score (nSPS) is 25.3. The van der Waals surface area contributed by atoms with Crippen molar-refractivity contribution in [2.75, 3.05) is 11.9 Å². The molecule has 2 bridgehead atoms. The van der Waals surface area contributed by atoms with Crippen molar-refractivity contribution in [2.45, 2.75) is 37.4 Å². The summed E-state index contributed by atoms with van der Waals surface area (Å²) < 4.78 is 1.84. The molecule has 0 amide bonds. The fraction of sp³-hybridized carbons (Fsp3) is 0.318. The standard InChI is InChI=1S/C22H24N6O/c1-22-6-5-15(26-22)9-17(11-22)27(2)21-13-24-19(12-25-21)18-4-3-16(10-20(18)29)28-8-7-23-14-28/h3-8,10,12-15,17,26,29H,9,11H2,1-2H3/t15?,17-,22+/m0/s1. The number of nitrogens with zero attached hydrogens (tertiary/aromatic N) is 5. The van der Waals surface area contributed by atoms with E-state index in [1.165, 1.54) is 0 Å². The van der Waals surface area contributed by atoms with Crippen LogP contribution in [0, 0.1) is 0 Å². The van der Waals surface area contributed by atoms with Crippen LogP contribution in [0.5, 0.6) is 5.75 Å². The quantitative estimate of drug-likeness (QED) is 0.669. The Balaban J connectivity index is 1.35. The first-order valence-corrected chi connectivity index (χ1v) is 9.84. The number of fused-ring (bicyclic) bond motifs is 2. The lowest BCUT2D eigenvalue weighted by molar-refractivity contribution is 0.289. The molecule has 0 radical (unpaired) electrons. The van der Waals surface area contributed by atoms with Gasteiger partial charge in [-0.25, -0.2) is 9.97 Å². The van der Waals surface area contributed by atoms with Crippen LogP contribution in [-0.4, -0.2) is 49.3 Å². The van der Waals surface area contributed by atoms with Gasteiger partial charge in [0.15, 0.2) is 0 Å². The van der Waals surface area contributed by atoms with Gasteiger partial charge in [-0.15, -0.1) is 0 Å². The Kier molecular flexibility index (Phi) is 4.13. The van der Waals surface area contributed by atoms with Crippen LogP contribution in [0.25, 0.3) is 16.9 Å². The lowest BCUT2D eigenvalue weighted by atomic mass is 9.88. The van der Waals surface area contributed by atoms with Gasteiger partial charge in [0.1, 0.15) is 11.6 Å². The summed E-state index contributed by atoms with van der Waals surface area (Å²) in [4.78, 5) is 15.5. The molecule has 3 aromatic rings. The molecule has 2 aliphatic rings. The van der Waals surface area contributed by atoms with Gasteiger partial charge in [-0.3, -0.25) is 4.98 Å². The van der Waals surface area contributed by atoms with Crippen molar-refractivity contribution in [3.05, 3.63) is 61.5 Å². The number of phenols is 1. The predicted octanol–water partition coefficient (Wildman–Crippen LogP) is 2.92. The van der Waals surface area contributed by atoms with Gasteiger partial charge in [-0.2, -0.15) is 0 Å². The van der Waals surface area contributed by atoms with E-state index in [-0.39, 0.29) is 11.3 Å². The topological polar surface area (TPSA) is 79.1 Å². The molecule has 1 unspecified atom stereocenters. The van der Waals surface area contributed by atoms with E-state index in [2.05, 4.69) is 51.3 Å². The van der Waals surface area contributed by atoms with Gasteiger partial charge in [0.05, 0.1) is 30.1 Å². The van der Waals surface area contributed by atoms with Crippen molar-refractivity contribution >= 4 is 5.82 Å². The molecule has 148 valence electrons. The molecule has 7 heteroatoms. The number of phenolic OH excluding ortho intramolecular Hbond substituents is 1. The molecular formula is C22H24N6O. The van der Waals surface area contributed by atoms with E-state index in [1.54, 1.807) is 31.0 Å². The number of imidazole rings is 1. The smallest absolute Gasteiger partial charge is 0.147 e. The molecule has 1 fully saturated rings. The first-order valence-electron chi connectivity index (χ1n) is 9.84. The first-order chi connectivity index (χ1) is 14.0. The maximum absolute atomic E-state index is 10.5. The molecule has 2 N–H and O–H groups in total. The van der Waals surface area contributed by atoms with E-state index in [0.717, 1.165) is 24.3 Å². The average Bonchev–Trinajstić information content (AvgIpc) is 3.35. The van der Waals surface area contributed by atoms with Gasteiger partial charge in [0.2, 0.25) is 0 Å². The fourth-order valence-corrected chi connectivity index (χ4v) is 4.41. The highest BCUT2D eigenvalue weighted by Crippen LogP contribution is 2.34. The second-order valence-electron chi connectivity index (χ2n) is 8.16. The minimum atomic E-state index is 0.0674. The van der Waals surface area contributed by atoms with Gasteiger partial charge in [-0.1, -0.05) is 12.2 Å². The molecule has 1 saturated heterocycles. The highest BCUT2D eigenvalue weighted by molar-refractivity contribution is 5.68. The van der Waals surface area contributed by atoms with Crippen LogP contribution < -0.4 is 10.2 Å². The predicted molar refractivity (Wildman–Crippen MR) is 112 cm³/mol. The Morgan fingerprint density at radius 1 is 1.28 bits per heavy atom. The van der Waals surface area contributed by atoms with Gasteiger partial charge in [0, 0.05) is 48.7 Å². The third-order valence-electron chi connectivity index (χ3n) is 6.00. The third kappa shape index (κ3) is 3.27. The van der Waals surface area contributed by atoms with Crippen molar-refractivity contribution in [2.24, 2.45) is 0 Å². The highest BCUT2D eigenvalue weighted by Gasteiger charge is 2.39.